The summed E-state index contributed by atoms with van der Waals surface area (Å²) in [4.78, 5) is 33.6. The molecule has 8 nitrogen and oxygen atoms in total. The normalized spacial score (nSPS) is 18.5. The number of carbonyl (C=O) groups is 2. The van der Waals surface area contributed by atoms with Gasteiger partial charge in [0.2, 0.25) is 0 Å². The van der Waals surface area contributed by atoms with E-state index in [0.717, 1.165) is 12.1 Å². The molecular weight excluding hydrogens is 488 g/mol. The molecule has 5 rings (SSSR count). The van der Waals surface area contributed by atoms with Crippen molar-refractivity contribution in [2.24, 2.45) is 0 Å². The molecule has 9 heteroatoms. The SMILES string of the molecule is Cc1cc(C(=O)N2CC[C@@H](N(C)C)C2)c(/C=C2\C(=O)Nc3ccc(S(=O)(=O)Cc4ccccc4)cc32)[nH]1. The summed E-state index contributed by atoms with van der Waals surface area (Å²) in [6.45, 7) is 3.19. The summed E-state index contributed by atoms with van der Waals surface area (Å²) < 4.78 is 26.3. The van der Waals surface area contributed by atoms with Crippen LogP contribution in [0.25, 0.3) is 11.6 Å². The first-order valence-electron chi connectivity index (χ1n) is 12.2. The molecule has 3 heterocycles. The highest BCUT2D eigenvalue weighted by molar-refractivity contribution is 7.90. The van der Waals surface area contributed by atoms with Gasteiger partial charge in [-0.05, 0) is 63.3 Å². The third kappa shape index (κ3) is 4.97. The Morgan fingerprint density at radius 3 is 2.59 bits per heavy atom. The van der Waals surface area contributed by atoms with Crippen molar-refractivity contribution in [2.45, 2.75) is 30.0 Å². The molecule has 0 saturated carbocycles. The van der Waals surface area contributed by atoms with Gasteiger partial charge in [0, 0.05) is 36.1 Å². The highest BCUT2D eigenvalue weighted by Gasteiger charge is 2.31. The number of anilines is 1. The fraction of sp³-hybridized carbons (Fsp3) is 0.286. The van der Waals surface area contributed by atoms with Crippen LogP contribution in [-0.2, 0) is 20.4 Å². The van der Waals surface area contributed by atoms with E-state index in [2.05, 4.69) is 15.2 Å². The number of H-pyrrole nitrogens is 1. The van der Waals surface area contributed by atoms with Crippen molar-refractivity contribution in [2.75, 3.05) is 32.5 Å². The zero-order valence-electron chi connectivity index (χ0n) is 21.1. The van der Waals surface area contributed by atoms with E-state index in [4.69, 9.17) is 0 Å². The summed E-state index contributed by atoms with van der Waals surface area (Å²) in [7, 11) is 0.398. The van der Waals surface area contributed by atoms with Gasteiger partial charge in [0.05, 0.1) is 27.5 Å². The average molecular weight is 519 g/mol. The highest BCUT2D eigenvalue weighted by Crippen LogP contribution is 2.36. The van der Waals surface area contributed by atoms with Gasteiger partial charge in [-0.1, -0.05) is 30.3 Å². The summed E-state index contributed by atoms with van der Waals surface area (Å²) in [5.41, 5.74) is 3.88. The Morgan fingerprint density at radius 1 is 1.14 bits per heavy atom. The second kappa shape index (κ2) is 9.64. The zero-order valence-corrected chi connectivity index (χ0v) is 21.9. The van der Waals surface area contributed by atoms with E-state index >= 15 is 0 Å². The number of nitrogens with one attached hydrogen (secondary N) is 2. The number of aryl methyl sites for hydroxylation is 1. The molecule has 192 valence electrons. The summed E-state index contributed by atoms with van der Waals surface area (Å²) in [6, 6.07) is 15.8. The molecule has 1 atom stereocenters. The summed E-state index contributed by atoms with van der Waals surface area (Å²) in [5.74, 6) is -0.559. The fourth-order valence-electron chi connectivity index (χ4n) is 4.94. The molecule has 37 heavy (non-hydrogen) atoms. The number of likely N-dealkylation sites (tertiary alicyclic amines) is 1. The Morgan fingerprint density at radius 2 is 1.89 bits per heavy atom. The molecule has 2 aliphatic heterocycles. The number of hydrogen-bond acceptors (Lipinski definition) is 5. The molecule has 1 aromatic heterocycles. The zero-order chi connectivity index (χ0) is 26.3. The van der Waals surface area contributed by atoms with Crippen LogP contribution in [0, 0.1) is 6.92 Å². The van der Waals surface area contributed by atoms with E-state index in [1.807, 2.05) is 32.0 Å². The molecule has 1 saturated heterocycles. The summed E-state index contributed by atoms with van der Waals surface area (Å²) >= 11 is 0. The molecule has 3 aromatic rings. The van der Waals surface area contributed by atoms with Gasteiger partial charge in [-0.2, -0.15) is 0 Å². The minimum atomic E-state index is -3.63. The van der Waals surface area contributed by atoms with Gasteiger partial charge < -0.3 is 20.1 Å². The number of hydrogen-bond donors (Lipinski definition) is 2. The quantitative estimate of drug-likeness (QED) is 0.486. The first-order valence-corrected chi connectivity index (χ1v) is 13.9. The van der Waals surface area contributed by atoms with Crippen molar-refractivity contribution < 1.29 is 18.0 Å². The highest BCUT2D eigenvalue weighted by atomic mass is 32.2. The molecule has 0 spiro atoms. The number of sulfone groups is 1. The number of benzene rings is 2. The maximum Gasteiger partial charge on any atom is 0.256 e. The predicted octanol–water partition coefficient (Wildman–Crippen LogP) is 3.57. The molecular formula is C28H30N4O4S. The van der Waals surface area contributed by atoms with Crippen molar-refractivity contribution in [1.82, 2.24) is 14.8 Å². The van der Waals surface area contributed by atoms with Crippen molar-refractivity contribution in [1.29, 1.82) is 0 Å². The first-order chi connectivity index (χ1) is 17.6. The number of aromatic amines is 1. The second-order valence-electron chi connectivity index (χ2n) is 9.90. The van der Waals surface area contributed by atoms with Crippen LogP contribution in [0.5, 0.6) is 0 Å². The van der Waals surface area contributed by atoms with Crippen molar-refractivity contribution in [3.63, 3.8) is 0 Å². The lowest BCUT2D eigenvalue weighted by Crippen LogP contribution is -2.34. The van der Waals surface area contributed by atoms with Crippen LogP contribution in [0.3, 0.4) is 0 Å². The van der Waals surface area contributed by atoms with Gasteiger partial charge in [-0.15, -0.1) is 0 Å². The van der Waals surface area contributed by atoms with Crippen molar-refractivity contribution >= 4 is 39.0 Å². The lowest BCUT2D eigenvalue weighted by Gasteiger charge is -2.20. The Labute approximate surface area is 216 Å². The van der Waals surface area contributed by atoms with Crippen molar-refractivity contribution in [3.8, 4) is 0 Å². The van der Waals surface area contributed by atoms with Gasteiger partial charge in [-0.25, -0.2) is 8.42 Å². The Bertz CT molecular complexity index is 1510. The third-order valence-electron chi connectivity index (χ3n) is 7.02. The van der Waals surface area contributed by atoms with Crippen LogP contribution in [0.4, 0.5) is 5.69 Å². The first kappa shape index (κ1) is 25.0. The minimum absolute atomic E-state index is 0.0848. The molecule has 2 N–H and O–H groups in total. The molecule has 0 unspecified atom stereocenters. The topological polar surface area (TPSA) is 103 Å². The molecule has 0 aliphatic carbocycles. The summed E-state index contributed by atoms with van der Waals surface area (Å²) in [5, 5.41) is 2.81. The van der Waals surface area contributed by atoms with E-state index in [1.54, 1.807) is 42.5 Å². The number of fused-ring (bicyclic) bond motifs is 1. The van der Waals surface area contributed by atoms with E-state index in [0.29, 0.717) is 52.8 Å². The predicted molar refractivity (Wildman–Crippen MR) is 144 cm³/mol. The van der Waals surface area contributed by atoms with Gasteiger partial charge in [0.15, 0.2) is 9.84 Å². The van der Waals surface area contributed by atoms with E-state index in [1.165, 1.54) is 12.1 Å². The van der Waals surface area contributed by atoms with Crippen LogP contribution >= 0.6 is 0 Å². The number of nitrogens with zero attached hydrogens (tertiary/aromatic N) is 2. The van der Waals surface area contributed by atoms with Crippen LogP contribution in [0.15, 0.2) is 59.5 Å². The monoisotopic (exact) mass is 518 g/mol. The number of aromatic nitrogens is 1. The number of rotatable bonds is 6. The number of carbonyl (C=O) groups excluding carboxylic acids is 2. The maximum atomic E-state index is 13.4. The van der Waals surface area contributed by atoms with Crippen LogP contribution in [0.2, 0.25) is 0 Å². The fourth-order valence-corrected chi connectivity index (χ4v) is 6.31. The molecule has 0 bridgehead atoms. The van der Waals surface area contributed by atoms with E-state index in [-0.39, 0.29) is 22.5 Å². The Kier molecular flexibility index (Phi) is 6.51. The third-order valence-corrected chi connectivity index (χ3v) is 8.70. The average Bonchev–Trinajstić information content (AvgIpc) is 3.57. The Balaban J connectivity index is 1.48. The molecule has 2 aromatic carbocycles. The summed E-state index contributed by atoms with van der Waals surface area (Å²) in [6.07, 6.45) is 2.56. The van der Waals surface area contributed by atoms with Gasteiger partial charge in [0.25, 0.3) is 11.8 Å². The van der Waals surface area contributed by atoms with Crippen molar-refractivity contribution in [3.05, 3.63) is 82.7 Å². The molecule has 2 aliphatic rings. The Hall–Kier alpha value is -3.69. The molecule has 0 radical (unpaired) electrons. The minimum Gasteiger partial charge on any atom is -0.358 e. The van der Waals surface area contributed by atoms with E-state index in [9.17, 15) is 18.0 Å². The maximum absolute atomic E-state index is 13.4. The molecule has 2 amide bonds. The number of likely N-dealkylation sites (N-methyl/N-ethyl adjacent to an activating group) is 1. The van der Waals surface area contributed by atoms with Crippen LogP contribution in [0.1, 0.15) is 39.3 Å². The largest absolute Gasteiger partial charge is 0.358 e. The van der Waals surface area contributed by atoms with Crippen LogP contribution in [-0.4, -0.2) is 68.2 Å². The lowest BCUT2D eigenvalue weighted by atomic mass is 10.0. The van der Waals surface area contributed by atoms with E-state index < -0.39 is 9.84 Å². The van der Waals surface area contributed by atoms with Gasteiger partial charge >= 0.3 is 0 Å². The van der Waals surface area contributed by atoms with Gasteiger partial charge in [-0.3, -0.25) is 9.59 Å². The van der Waals surface area contributed by atoms with Crippen LogP contribution < -0.4 is 5.32 Å². The second-order valence-corrected chi connectivity index (χ2v) is 11.9. The smallest absolute Gasteiger partial charge is 0.256 e. The standard InChI is InChI=1S/C28H30N4O4S/c1-18-13-24(28(34)32-12-11-20(16-32)31(2)3)26(29-18)15-23-22-14-21(9-10-25(22)30-27(23)33)37(35,36)17-19-7-5-4-6-8-19/h4-10,13-15,20,29H,11-12,16-17H2,1-3H3,(H,30,33)/b23-15-/t20-/m1/s1. The molecule has 1 fully saturated rings. The number of amides is 2. The van der Waals surface area contributed by atoms with Gasteiger partial charge in [0.1, 0.15) is 0 Å². The lowest BCUT2D eigenvalue weighted by molar-refractivity contribution is -0.110.